The minimum absolute atomic E-state index is 0.156. The van der Waals surface area contributed by atoms with E-state index in [9.17, 15) is 9.59 Å². The number of nitrogens with one attached hydrogen (secondary N) is 2. The number of nitrogens with zero attached hydrogens (tertiary/aromatic N) is 4. The van der Waals surface area contributed by atoms with E-state index < -0.39 is 12.1 Å². The molecule has 4 rings (SSSR count). The van der Waals surface area contributed by atoms with Crippen molar-refractivity contribution in [1.29, 1.82) is 0 Å². The summed E-state index contributed by atoms with van der Waals surface area (Å²) in [5, 5.41) is 16.7. The lowest BCUT2D eigenvalue weighted by Crippen LogP contribution is -2.68. The van der Waals surface area contributed by atoms with Gasteiger partial charge in [-0.25, -0.2) is 0 Å². The van der Waals surface area contributed by atoms with Crippen LogP contribution in [0.2, 0.25) is 0 Å². The first-order valence-corrected chi connectivity index (χ1v) is 9.12. The first-order valence-electron chi connectivity index (χ1n) is 8.24. The molecule has 1 aromatic carbocycles. The van der Waals surface area contributed by atoms with Crippen molar-refractivity contribution >= 4 is 23.6 Å². The van der Waals surface area contributed by atoms with Gasteiger partial charge in [0.2, 0.25) is 11.8 Å². The third-order valence-electron chi connectivity index (χ3n) is 4.79. The van der Waals surface area contributed by atoms with Gasteiger partial charge in [0.05, 0.1) is 0 Å². The van der Waals surface area contributed by atoms with Crippen LogP contribution in [0.1, 0.15) is 37.3 Å². The topological polar surface area (TPSA) is 130 Å². The highest BCUT2D eigenvalue weighted by Gasteiger charge is 2.63. The van der Waals surface area contributed by atoms with E-state index >= 15 is 0 Å². The van der Waals surface area contributed by atoms with Crippen molar-refractivity contribution in [2.45, 2.75) is 42.1 Å². The Kier molecular flexibility index (Phi) is 3.96. The Bertz CT molecular complexity index is 826. The first-order chi connectivity index (χ1) is 12.4. The number of β-lactam (4-membered cyclic amide) rings is 1. The van der Waals surface area contributed by atoms with Gasteiger partial charge in [0, 0.05) is 4.75 Å². The Morgan fingerprint density at radius 3 is 2.77 bits per heavy atom. The molecule has 0 aliphatic carbocycles. The molecule has 2 unspecified atom stereocenters. The molecule has 2 aliphatic heterocycles. The molecular weight excluding hydrogens is 354 g/mol. The van der Waals surface area contributed by atoms with Crippen LogP contribution in [0.15, 0.2) is 30.3 Å². The molecule has 0 radical (unpaired) electrons. The number of benzene rings is 1. The molecule has 4 atom stereocenters. The molecule has 0 saturated carbocycles. The second-order valence-electron chi connectivity index (χ2n) is 6.90. The maximum absolute atomic E-state index is 12.7. The highest BCUT2D eigenvalue weighted by Crippen LogP contribution is 2.56. The largest absolute Gasteiger partial charge is 0.340 e. The fourth-order valence-electron chi connectivity index (χ4n) is 3.50. The molecule has 3 heterocycles. The Morgan fingerprint density at radius 1 is 1.38 bits per heavy atom. The van der Waals surface area contributed by atoms with Crippen molar-refractivity contribution in [2.75, 3.05) is 0 Å². The average molecular weight is 373 g/mol. The predicted molar refractivity (Wildman–Crippen MR) is 94.5 cm³/mol. The number of rotatable bonds is 4. The molecule has 136 valence electrons. The Morgan fingerprint density at radius 2 is 2.12 bits per heavy atom. The molecule has 2 saturated heterocycles. The van der Waals surface area contributed by atoms with Crippen LogP contribution in [0.3, 0.4) is 0 Å². The van der Waals surface area contributed by atoms with Crippen molar-refractivity contribution in [3.63, 3.8) is 0 Å². The summed E-state index contributed by atoms with van der Waals surface area (Å²) in [6.07, 6.45) is 0. The molecule has 1 aromatic heterocycles. The molecular formula is C16H19N7O2S. The molecule has 2 aromatic rings. The molecule has 0 bridgehead atoms. The Balaban J connectivity index is 1.49. The number of hydrogen-bond donors (Lipinski definition) is 3. The van der Waals surface area contributed by atoms with E-state index in [0.717, 1.165) is 0 Å². The van der Waals surface area contributed by atoms with Crippen LogP contribution in [-0.4, -0.2) is 53.5 Å². The number of amides is 2. The van der Waals surface area contributed by atoms with Gasteiger partial charge < -0.3 is 16.0 Å². The lowest BCUT2D eigenvalue weighted by atomic mass is 9.95. The standard InChI is InChI=1S/C16H19N7O2S/c1-16(2)11(12-19-21-22-20-12)23-14(25)10(15(23)26-16)18-13(24)9(17)8-6-4-3-5-7-8/h3-7,9-11,15H,17H2,1-2H3,(H,18,24)(H,19,20,21,22)/t9-,10?,11?,15-/m1/s1. The molecule has 2 fully saturated rings. The summed E-state index contributed by atoms with van der Waals surface area (Å²) in [5.41, 5.74) is 6.74. The van der Waals surface area contributed by atoms with Crippen molar-refractivity contribution in [1.82, 2.24) is 30.8 Å². The predicted octanol–water partition coefficient (Wildman–Crippen LogP) is 0.119. The number of carbonyl (C=O) groups is 2. The highest BCUT2D eigenvalue weighted by atomic mass is 32.2. The summed E-state index contributed by atoms with van der Waals surface area (Å²) in [6.45, 7) is 4.05. The van der Waals surface area contributed by atoms with E-state index in [0.29, 0.717) is 11.4 Å². The van der Waals surface area contributed by atoms with E-state index in [1.165, 1.54) is 0 Å². The van der Waals surface area contributed by atoms with E-state index in [1.807, 2.05) is 32.0 Å². The third kappa shape index (κ3) is 2.56. The number of tetrazole rings is 1. The van der Waals surface area contributed by atoms with Gasteiger partial charge in [0.15, 0.2) is 5.82 Å². The van der Waals surface area contributed by atoms with Crippen LogP contribution in [0.5, 0.6) is 0 Å². The van der Waals surface area contributed by atoms with E-state index in [-0.39, 0.29) is 28.0 Å². The zero-order valence-corrected chi connectivity index (χ0v) is 15.1. The van der Waals surface area contributed by atoms with Crippen LogP contribution in [0, 0.1) is 0 Å². The van der Waals surface area contributed by atoms with Crippen molar-refractivity contribution in [2.24, 2.45) is 5.73 Å². The number of nitrogens with two attached hydrogens (primary N) is 1. The zero-order chi connectivity index (χ0) is 18.5. The second kappa shape index (κ2) is 6.06. The molecule has 26 heavy (non-hydrogen) atoms. The van der Waals surface area contributed by atoms with Gasteiger partial charge in [0.1, 0.15) is 23.5 Å². The summed E-state index contributed by atoms with van der Waals surface area (Å²) in [6, 6.07) is 7.38. The molecule has 9 nitrogen and oxygen atoms in total. The molecule has 10 heteroatoms. The van der Waals surface area contributed by atoms with E-state index in [4.69, 9.17) is 5.73 Å². The number of aromatic nitrogens is 4. The first kappa shape index (κ1) is 17.0. The maximum atomic E-state index is 12.7. The Labute approximate surface area is 154 Å². The number of aromatic amines is 1. The zero-order valence-electron chi connectivity index (χ0n) is 14.3. The monoisotopic (exact) mass is 373 g/mol. The lowest BCUT2D eigenvalue weighted by molar-refractivity contribution is -0.152. The van der Waals surface area contributed by atoms with Crippen molar-refractivity contribution in [3.8, 4) is 0 Å². The van der Waals surface area contributed by atoms with Crippen LogP contribution in [0.4, 0.5) is 0 Å². The number of hydrogen-bond acceptors (Lipinski definition) is 7. The lowest BCUT2D eigenvalue weighted by Gasteiger charge is -2.44. The number of H-pyrrole nitrogens is 1. The van der Waals surface area contributed by atoms with Crippen LogP contribution < -0.4 is 11.1 Å². The van der Waals surface area contributed by atoms with Crippen LogP contribution >= 0.6 is 11.8 Å². The molecule has 2 aliphatic rings. The van der Waals surface area contributed by atoms with Gasteiger partial charge in [-0.15, -0.1) is 22.0 Å². The minimum atomic E-state index is -0.814. The second-order valence-corrected chi connectivity index (χ2v) is 8.68. The van der Waals surface area contributed by atoms with Crippen molar-refractivity contribution < 1.29 is 9.59 Å². The summed E-state index contributed by atoms with van der Waals surface area (Å²) < 4.78 is -0.300. The van der Waals surface area contributed by atoms with Gasteiger partial charge in [-0.2, -0.15) is 5.21 Å². The quantitative estimate of drug-likeness (QED) is 0.649. The van der Waals surface area contributed by atoms with Crippen molar-refractivity contribution in [3.05, 3.63) is 41.7 Å². The number of fused-ring (bicyclic) bond motifs is 1. The summed E-state index contributed by atoms with van der Waals surface area (Å²) in [4.78, 5) is 26.9. The normalized spacial score (nSPS) is 27.6. The smallest absolute Gasteiger partial charge is 0.249 e. The van der Waals surface area contributed by atoms with Crippen LogP contribution in [0.25, 0.3) is 0 Å². The fraction of sp³-hybridized carbons (Fsp3) is 0.438. The third-order valence-corrected chi connectivity index (χ3v) is 6.36. The van der Waals surface area contributed by atoms with E-state index in [2.05, 4.69) is 25.9 Å². The molecule has 0 spiro atoms. The van der Waals surface area contributed by atoms with Gasteiger partial charge in [-0.1, -0.05) is 35.5 Å². The fourth-order valence-corrected chi connectivity index (χ4v) is 5.13. The van der Waals surface area contributed by atoms with Gasteiger partial charge in [-0.3, -0.25) is 9.59 Å². The number of carbonyl (C=O) groups excluding carboxylic acids is 2. The molecule has 2 amide bonds. The van der Waals surface area contributed by atoms with E-state index in [1.54, 1.807) is 28.8 Å². The highest BCUT2D eigenvalue weighted by molar-refractivity contribution is 8.01. The van der Waals surface area contributed by atoms with Crippen LogP contribution in [-0.2, 0) is 9.59 Å². The Hall–Kier alpha value is -2.46. The van der Waals surface area contributed by atoms with Gasteiger partial charge >= 0.3 is 0 Å². The maximum Gasteiger partial charge on any atom is 0.249 e. The average Bonchev–Trinajstić information content (AvgIpc) is 3.23. The van der Waals surface area contributed by atoms with Gasteiger partial charge in [0.25, 0.3) is 0 Å². The summed E-state index contributed by atoms with van der Waals surface area (Å²) >= 11 is 1.61. The summed E-state index contributed by atoms with van der Waals surface area (Å²) in [5.74, 6) is -0.0452. The number of thioether (sulfide) groups is 1. The van der Waals surface area contributed by atoms with Gasteiger partial charge in [-0.05, 0) is 19.4 Å². The molecule has 4 N–H and O–H groups in total. The SMILES string of the molecule is CC1(C)S[C@@H]2C(NC(=O)[C@H](N)c3ccccc3)C(=O)N2C1c1nn[nH]n1. The summed E-state index contributed by atoms with van der Waals surface area (Å²) in [7, 11) is 0. The minimum Gasteiger partial charge on any atom is -0.340 e.